The molecule has 0 spiro atoms. The van der Waals surface area contributed by atoms with Crippen LogP contribution in [-0.4, -0.2) is 29.5 Å². The first-order valence-corrected chi connectivity index (χ1v) is 8.11. The van der Waals surface area contributed by atoms with Gasteiger partial charge in [0.2, 0.25) is 0 Å². The molecule has 0 aliphatic rings. The van der Waals surface area contributed by atoms with E-state index in [-0.39, 0.29) is 0 Å². The lowest BCUT2D eigenvalue weighted by Crippen LogP contribution is -2.06. The predicted octanol–water partition coefficient (Wildman–Crippen LogP) is 3.55. The van der Waals surface area contributed by atoms with E-state index in [0.717, 1.165) is 34.0 Å². The van der Waals surface area contributed by atoms with Crippen molar-refractivity contribution >= 4 is 6.21 Å². The lowest BCUT2D eigenvalue weighted by molar-refractivity contribution is 0.215. The first-order valence-electron chi connectivity index (χ1n) is 8.11. The molecule has 0 atom stereocenters. The average Bonchev–Trinajstić information content (AvgIpc) is 2.92. The van der Waals surface area contributed by atoms with E-state index in [1.54, 1.807) is 12.5 Å². The van der Waals surface area contributed by atoms with Gasteiger partial charge < -0.3 is 18.9 Å². The zero-order valence-electron chi connectivity index (χ0n) is 15.4. The Morgan fingerprint density at radius 3 is 2.56 bits per heavy atom. The van der Waals surface area contributed by atoms with Crippen LogP contribution in [0.15, 0.2) is 35.8 Å². The molecular formula is C19H25N3O3. The summed E-state index contributed by atoms with van der Waals surface area (Å²) in [7, 11) is 3.43. The number of aryl methyl sites for hydroxylation is 3. The van der Waals surface area contributed by atoms with Crippen LogP contribution in [-0.2, 0) is 18.5 Å². The maximum atomic E-state index is 6.06. The van der Waals surface area contributed by atoms with Crippen LogP contribution in [0.3, 0.4) is 0 Å². The summed E-state index contributed by atoms with van der Waals surface area (Å²) in [6.07, 6.45) is 7.25. The third kappa shape index (κ3) is 4.86. The highest BCUT2D eigenvalue weighted by molar-refractivity contribution is 5.78. The number of imidazole rings is 1. The molecule has 0 N–H and O–H groups in total. The molecule has 25 heavy (non-hydrogen) atoms. The largest absolute Gasteiger partial charge is 0.490 e. The van der Waals surface area contributed by atoms with Gasteiger partial charge in [0.1, 0.15) is 37.5 Å². The highest BCUT2D eigenvalue weighted by Gasteiger charge is 2.12. The monoisotopic (exact) mass is 343 g/mol. The highest BCUT2D eigenvalue weighted by Crippen LogP contribution is 2.29. The van der Waals surface area contributed by atoms with Crippen LogP contribution in [0.25, 0.3) is 0 Å². The maximum absolute atomic E-state index is 6.06. The van der Waals surface area contributed by atoms with Crippen LogP contribution in [0, 0.1) is 13.8 Å². The molecule has 0 amide bonds. The fourth-order valence-electron chi connectivity index (χ4n) is 2.46. The van der Waals surface area contributed by atoms with Crippen molar-refractivity contribution in [2.75, 3.05) is 13.7 Å². The quantitative estimate of drug-likeness (QED) is 0.418. The third-order valence-electron chi connectivity index (χ3n) is 3.74. The average molecular weight is 343 g/mol. The molecule has 0 fully saturated rings. The number of hydrogen-bond acceptors (Lipinski definition) is 5. The van der Waals surface area contributed by atoms with Gasteiger partial charge in [-0.2, -0.15) is 0 Å². The lowest BCUT2D eigenvalue weighted by atomic mass is 10.1. The summed E-state index contributed by atoms with van der Waals surface area (Å²) in [5, 5.41) is 3.77. The molecule has 0 aliphatic carbocycles. The van der Waals surface area contributed by atoms with Crippen molar-refractivity contribution < 1.29 is 14.3 Å². The number of hydrogen-bond donors (Lipinski definition) is 0. The summed E-state index contributed by atoms with van der Waals surface area (Å²) in [4.78, 5) is 9.02. The predicted molar refractivity (Wildman–Crippen MR) is 98.4 cm³/mol. The van der Waals surface area contributed by atoms with E-state index in [2.05, 4.69) is 10.1 Å². The Balaban J connectivity index is 2.13. The molecule has 0 radical (unpaired) electrons. The second-order valence-corrected chi connectivity index (χ2v) is 5.66. The Morgan fingerprint density at radius 2 is 1.92 bits per heavy atom. The van der Waals surface area contributed by atoms with E-state index in [1.165, 1.54) is 7.11 Å². The molecule has 0 aliphatic heterocycles. The number of oxime groups is 1. The van der Waals surface area contributed by atoms with Gasteiger partial charge in [-0.3, -0.25) is 0 Å². The van der Waals surface area contributed by atoms with Gasteiger partial charge in [-0.25, -0.2) is 4.98 Å². The Labute approximate surface area is 148 Å². The summed E-state index contributed by atoms with van der Waals surface area (Å²) in [6, 6.07) is 3.98. The molecule has 134 valence electrons. The number of allylic oxidation sites excluding steroid dienone is 1. The van der Waals surface area contributed by atoms with Crippen molar-refractivity contribution in [1.82, 2.24) is 9.55 Å². The van der Waals surface area contributed by atoms with Crippen molar-refractivity contribution in [1.29, 1.82) is 0 Å². The summed E-state index contributed by atoms with van der Waals surface area (Å²) in [5.74, 6) is 1.70. The summed E-state index contributed by atoms with van der Waals surface area (Å²) in [6.45, 7) is 6.96. The van der Waals surface area contributed by atoms with Crippen molar-refractivity contribution in [3.63, 3.8) is 0 Å². The molecule has 6 nitrogen and oxygen atoms in total. The van der Waals surface area contributed by atoms with Gasteiger partial charge in [0, 0.05) is 7.05 Å². The third-order valence-corrected chi connectivity index (χ3v) is 3.74. The van der Waals surface area contributed by atoms with Crippen molar-refractivity contribution in [3.05, 3.63) is 53.1 Å². The van der Waals surface area contributed by atoms with E-state index < -0.39 is 0 Å². The number of benzene rings is 1. The molecule has 1 aromatic heterocycles. The van der Waals surface area contributed by atoms with Gasteiger partial charge in [0.15, 0.2) is 0 Å². The fourth-order valence-corrected chi connectivity index (χ4v) is 2.46. The molecule has 0 saturated heterocycles. The zero-order chi connectivity index (χ0) is 18.2. The van der Waals surface area contributed by atoms with Crippen molar-refractivity contribution in [3.8, 4) is 11.5 Å². The number of rotatable bonds is 8. The van der Waals surface area contributed by atoms with Crippen molar-refractivity contribution in [2.45, 2.75) is 27.4 Å². The summed E-state index contributed by atoms with van der Waals surface area (Å²) in [5.41, 5.74) is 3.72. The van der Waals surface area contributed by atoms with Gasteiger partial charge in [-0.15, -0.1) is 0 Å². The Bertz CT molecular complexity index is 740. The SMILES string of the molecule is C/C=C/COc1cc(C)c(OCc2c(C=NOC)ncn2C)c(C)c1. The van der Waals surface area contributed by atoms with Crippen LogP contribution in [0.2, 0.25) is 0 Å². The number of aromatic nitrogens is 2. The molecular weight excluding hydrogens is 318 g/mol. The topological polar surface area (TPSA) is 57.9 Å². The molecule has 1 heterocycles. The van der Waals surface area contributed by atoms with E-state index in [4.69, 9.17) is 14.3 Å². The van der Waals surface area contributed by atoms with Crippen LogP contribution in [0.5, 0.6) is 11.5 Å². The van der Waals surface area contributed by atoms with Crippen LogP contribution in [0.1, 0.15) is 29.4 Å². The standard InChI is InChI=1S/C19H25N3O3/c1-6-7-8-24-16-9-14(2)19(15(3)10-16)25-12-18-17(11-21-23-5)20-13-22(18)4/h6-7,9-11,13H,8,12H2,1-5H3/b7-6+,21-11?. The van der Waals surface area contributed by atoms with E-state index in [1.807, 2.05) is 56.7 Å². The van der Waals surface area contributed by atoms with Gasteiger partial charge in [-0.1, -0.05) is 17.3 Å². The molecule has 2 aromatic rings. The first-order chi connectivity index (χ1) is 12.1. The molecule has 0 unspecified atom stereocenters. The molecule has 1 aromatic carbocycles. The van der Waals surface area contributed by atoms with Gasteiger partial charge in [0.25, 0.3) is 0 Å². The lowest BCUT2D eigenvalue weighted by Gasteiger charge is -2.15. The smallest absolute Gasteiger partial charge is 0.131 e. The zero-order valence-corrected chi connectivity index (χ0v) is 15.4. The number of nitrogens with zero attached hydrogens (tertiary/aromatic N) is 3. The highest BCUT2D eigenvalue weighted by atomic mass is 16.6. The molecule has 0 bridgehead atoms. The minimum Gasteiger partial charge on any atom is -0.490 e. The van der Waals surface area contributed by atoms with E-state index in [9.17, 15) is 0 Å². The minimum atomic E-state index is 0.391. The first kappa shape index (κ1) is 18.6. The summed E-state index contributed by atoms with van der Waals surface area (Å²) < 4.78 is 13.7. The van der Waals surface area contributed by atoms with Crippen LogP contribution >= 0.6 is 0 Å². The number of ether oxygens (including phenoxy) is 2. The second kappa shape index (κ2) is 8.92. The Hall–Kier alpha value is -2.76. The van der Waals surface area contributed by atoms with Gasteiger partial charge in [0.05, 0.1) is 18.2 Å². The maximum Gasteiger partial charge on any atom is 0.131 e. The fraction of sp³-hybridized carbons (Fsp3) is 0.368. The Morgan fingerprint density at radius 1 is 1.20 bits per heavy atom. The van der Waals surface area contributed by atoms with Crippen molar-refractivity contribution in [2.24, 2.45) is 12.2 Å². The van der Waals surface area contributed by atoms with Crippen LogP contribution in [0.4, 0.5) is 0 Å². The Kier molecular flexibility index (Phi) is 6.62. The minimum absolute atomic E-state index is 0.391. The second-order valence-electron chi connectivity index (χ2n) is 5.66. The molecule has 0 saturated carbocycles. The normalized spacial score (nSPS) is 11.4. The molecule has 6 heteroatoms. The summed E-state index contributed by atoms with van der Waals surface area (Å²) >= 11 is 0. The van der Waals surface area contributed by atoms with E-state index >= 15 is 0 Å². The van der Waals surface area contributed by atoms with E-state index in [0.29, 0.717) is 13.2 Å². The van der Waals surface area contributed by atoms with Gasteiger partial charge >= 0.3 is 0 Å². The van der Waals surface area contributed by atoms with Crippen LogP contribution < -0.4 is 9.47 Å². The van der Waals surface area contributed by atoms with Gasteiger partial charge in [-0.05, 0) is 44.0 Å². The molecule has 2 rings (SSSR count).